The summed E-state index contributed by atoms with van der Waals surface area (Å²) >= 11 is 0. The van der Waals surface area contributed by atoms with Crippen molar-refractivity contribution in [3.05, 3.63) is 12.3 Å². The number of carbonyl (C=O) groups excluding carboxylic acids is 1. The van der Waals surface area contributed by atoms with Crippen LogP contribution in [0.3, 0.4) is 0 Å². The molecule has 112 valence electrons. The first-order valence-electron chi connectivity index (χ1n) is 7.26. The molecule has 0 unspecified atom stereocenters. The predicted octanol–water partition coefficient (Wildman–Crippen LogP) is 0.852. The van der Waals surface area contributed by atoms with Crippen molar-refractivity contribution in [1.29, 1.82) is 0 Å². The second-order valence-corrected chi connectivity index (χ2v) is 4.82. The molecule has 0 fully saturated rings. The Kier molecular flexibility index (Phi) is 11.3. The lowest BCUT2D eigenvalue weighted by Gasteiger charge is -2.16. The molecule has 0 aromatic heterocycles. The summed E-state index contributed by atoms with van der Waals surface area (Å²) in [6.45, 7) is 7.83. The highest BCUT2D eigenvalue weighted by Gasteiger charge is 2.06. The van der Waals surface area contributed by atoms with Gasteiger partial charge in [0.15, 0.2) is 0 Å². The fourth-order valence-electron chi connectivity index (χ4n) is 1.72. The van der Waals surface area contributed by atoms with Gasteiger partial charge < -0.3 is 22.1 Å². The molecule has 0 spiro atoms. The molecule has 6 N–H and O–H groups in total. The first-order valence-corrected chi connectivity index (χ1v) is 7.26. The van der Waals surface area contributed by atoms with E-state index in [0.717, 1.165) is 37.9 Å². The zero-order valence-corrected chi connectivity index (χ0v) is 12.2. The molecule has 1 atom stereocenters. The largest absolute Gasteiger partial charge is 0.388 e. The molecule has 1 amide bonds. The van der Waals surface area contributed by atoms with Crippen LogP contribution in [0.1, 0.15) is 45.4 Å². The zero-order valence-electron chi connectivity index (χ0n) is 12.2. The third-order valence-corrected chi connectivity index (χ3v) is 3.03. The van der Waals surface area contributed by atoms with Gasteiger partial charge in [0.25, 0.3) is 0 Å². The molecule has 5 heteroatoms. The molecule has 0 aliphatic carbocycles. The van der Waals surface area contributed by atoms with Gasteiger partial charge in [-0.3, -0.25) is 4.79 Å². The van der Waals surface area contributed by atoms with E-state index in [-0.39, 0.29) is 18.5 Å². The van der Waals surface area contributed by atoms with Crippen LogP contribution in [-0.2, 0) is 4.79 Å². The predicted molar refractivity (Wildman–Crippen MR) is 80.6 cm³/mol. The summed E-state index contributed by atoms with van der Waals surface area (Å²) in [5.74, 6) is -0.105. The summed E-state index contributed by atoms with van der Waals surface area (Å²) in [4.78, 5) is 10.9. The van der Waals surface area contributed by atoms with Gasteiger partial charge in [0.05, 0.1) is 6.54 Å². The van der Waals surface area contributed by atoms with Crippen LogP contribution in [0.5, 0.6) is 0 Å². The Balaban J connectivity index is 3.48. The summed E-state index contributed by atoms with van der Waals surface area (Å²) in [7, 11) is 0. The van der Waals surface area contributed by atoms with E-state index in [9.17, 15) is 4.79 Å². The lowest BCUT2D eigenvalue weighted by Crippen LogP contribution is -2.32. The van der Waals surface area contributed by atoms with Crippen molar-refractivity contribution in [3.63, 3.8) is 0 Å². The Morgan fingerprint density at radius 1 is 1.16 bits per heavy atom. The van der Waals surface area contributed by atoms with Crippen molar-refractivity contribution in [2.45, 2.75) is 51.5 Å². The number of nitrogens with one attached hydrogen (secondary N) is 2. The van der Waals surface area contributed by atoms with Crippen molar-refractivity contribution in [2.24, 2.45) is 11.5 Å². The van der Waals surface area contributed by atoms with Crippen molar-refractivity contribution < 1.29 is 4.79 Å². The Labute approximate surface area is 117 Å². The molecular formula is C14H30N4O. The van der Waals surface area contributed by atoms with E-state index < -0.39 is 0 Å². The number of carbonyl (C=O) groups is 1. The Morgan fingerprint density at radius 3 is 2.42 bits per heavy atom. The minimum atomic E-state index is -0.105. The SMILES string of the molecule is C=C(NCCCCC)[C@@H](N)CCCCNC(=O)CN. The lowest BCUT2D eigenvalue weighted by molar-refractivity contribution is -0.119. The fourth-order valence-corrected chi connectivity index (χ4v) is 1.72. The molecule has 0 aromatic carbocycles. The highest BCUT2D eigenvalue weighted by molar-refractivity contribution is 5.77. The highest BCUT2D eigenvalue weighted by atomic mass is 16.1. The molecule has 0 heterocycles. The van der Waals surface area contributed by atoms with Gasteiger partial charge in [0.2, 0.25) is 5.91 Å². The van der Waals surface area contributed by atoms with Crippen molar-refractivity contribution in [3.8, 4) is 0 Å². The molecule has 0 saturated carbocycles. The summed E-state index contributed by atoms with van der Waals surface area (Å²) < 4.78 is 0. The molecule has 0 bridgehead atoms. The lowest BCUT2D eigenvalue weighted by atomic mass is 10.1. The van der Waals surface area contributed by atoms with Crippen LogP contribution in [0.15, 0.2) is 12.3 Å². The molecule has 0 radical (unpaired) electrons. The molecule has 0 aliphatic rings. The first kappa shape index (κ1) is 17.9. The fraction of sp³-hybridized carbons (Fsp3) is 0.786. The van der Waals surface area contributed by atoms with Gasteiger partial charge in [-0.2, -0.15) is 0 Å². The maximum absolute atomic E-state index is 10.9. The van der Waals surface area contributed by atoms with E-state index in [1.54, 1.807) is 0 Å². The van der Waals surface area contributed by atoms with Gasteiger partial charge in [0.1, 0.15) is 0 Å². The normalized spacial score (nSPS) is 11.9. The first-order chi connectivity index (χ1) is 9.11. The van der Waals surface area contributed by atoms with Crippen LogP contribution < -0.4 is 22.1 Å². The summed E-state index contributed by atoms with van der Waals surface area (Å²) in [5, 5.41) is 6.02. The summed E-state index contributed by atoms with van der Waals surface area (Å²) in [5.41, 5.74) is 12.1. The quantitative estimate of drug-likeness (QED) is 0.396. The smallest absolute Gasteiger partial charge is 0.233 e. The maximum Gasteiger partial charge on any atom is 0.233 e. The number of nitrogens with two attached hydrogens (primary N) is 2. The van der Waals surface area contributed by atoms with E-state index in [0.29, 0.717) is 6.54 Å². The van der Waals surface area contributed by atoms with Crippen molar-refractivity contribution in [2.75, 3.05) is 19.6 Å². The highest BCUT2D eigenvalue weighted by Crippen LogP contribution is 2.04. The van der Waals surface area contributed by atoms with E-state index in [1.807, 2.05) is 0 Å². The molecule has 0 aliphatic heterocycles. The van der Waals surface area contributed by atoms with Gasteiger partial charge in [-0.1, -0.05) is 26.3 Å². The number of unbranched alkanes of at least 4 members (excludes halogenated alkanes) is 3. The van der Waals surface area contributed by atoms with Crippen LogP contribution >= 0.6 is 0 Å². The molecule has 0 rings (SSSR count). The minimum absolute atomic E-state index is 0.00756. The maximum atomic E-state index is 10.9. The molecule has 19 heavy (non-hydrogen) atoms. The van der Waals surface area contributed by atoms with Gasteiger partial charge in [-0.05, 0) is 25.7 Å². The van der Waals surface area contributed by atoms with Gasteiger partial charge >= 0.3 is 0 Å². The Morgan fingerprint density at radius 2 is 1.79 bits per heavy atom. The second kappa shape index (κ2) is 12.0. The Bertz CT molecular complexity index is 256. The number of hydrogen-bond donors (Lipinski definition) is 4. The molecule has 0 saturated heterocycles. The molecule has 5 nitrogen and oxygen atoms in total. The van der Waals surface area contributed by atoms with Crippen LogP contribution in [0.25, 0.3) is 0 Å². The average molecular weight is 270 g/mol. The Hall–Kier alpha value is -1.07. The third-order valence-electron chi connectivity index (χ3n) is 3.03. The van der Waals surface area contributed by atoms with Crippen molar-refractivity contribution >= 4 is 5.91 Å². The van der Waals surface area contributed by atoms with E-state index in [4.69, 9.17) is 11.5 Å². The molecular weight excluding hydrogens is 240 g/mol. The summed E-state index contributed by atoms with van der Waals surface area (Å²) in [6, 6.07) is -0.00756. The van der Waals surface area contributed by atoms with Crippen LogP contribution in [0.4, 0.5) is 0 Å². The average Bonchev–Trinajstić information content (AvgIpc) is 2.42. The van der Waals surface area contributed by atoms with Crippen molar-refractivity contribution in [1.82, 2.24) is 10.6 Å². The standard InChI is InChI=1S/C14H30N4O/c1-3-4-6-9-17-12(2)13(16)8-5-7-10-18-14(19)11-15/h13,17H,2-11,15-16H2,1H3,(H,18,19)/t13-/m0/s1. The van der Waals surface area contributed by atoms with E-state index >= 15 is 0 Å². The zero-order chi connectivity index (χ0) is 14.5. The van der Waals surface area contributed by atoms with Crippen LogP contribution in [0, 0.1) is 0 Å². The topological polar surface area (TPSA) is 93.2 Å². The third kappa shape index (κ3) is 10.5. The minimum Gasteiger partial charge on any atom is -0.388 e. The van der Waals surface area contributed by atoms with Gasteiger partial charge in [-0.25, -0.2) is 0 Å². The van der Waals surface area contributed by atoms with Gasteiger partial charge in [0, 0.05) is 24.8 Å². The monoisotopic (exact) mass is 270 g/mol. The van der Waals surface area contributed by atoms with Crippen LogP contribution in [-0.4, -0.2) is 31.6 Å². The van der Waals surface area contributed by atoms with E-state index in [1.165, 1.54) is 12.8 Å². The second-order valence-electron chi connectivity index (χ2n) is 4.82. The van der Waals surface area contributed by atoms with Gasteiger partial charge in [-0.15, -0.1) is 0 Å². The van der Waals surface area contributed by atoms with E-state index in [2.05, 4.69) is 24.1 Å². The number of rotatable bonds is 12. The number of hydrogen-bond acceptors (Lipinski definition) is 4. The summed E-state index contributed by atoms with van der Waals surface area (Å²) in [6.07, 6.45) is 6.39. The van der Waals surface area contributed by atoms with Crippen LogP contribution in [0.2, 0.25) is 0 Å². The number of amides is 1. The molecule has 0 aromatic rings.